The Bertz CT molecular complexity index is 4010. The van der Waals surface area contributed by atoms with Gasteiger partial charge in [-0.15, -0.1) is 0 Å². The van der Waals surface area contributed by atoms with Gasteiger partial charge in [0.15, 0.2) is 17.5 Å². The molecular formula is C55H30N4O2. The molecular weight excluding hydrogens is 749 g/mol. The zero-order chi connectivity index (χ0) is 39.8. The monoisotopic (exact) mass is 778 g/mol. The molecule has 0 aliphatic heterocycles. The van der Waals surface area contributed by atoms with E-state index in [1.54, 1.807) is 0 Å². The Balaban J connectivity index is 0.990. The maximum absolute atomic E-state index is 6.77. The van der Waals surface area contributed by atoms with Gasteiger partial charge in [-0.05, 0) is 75.5 Å². The fourth-order valence-corrected chi connectivity index (χ4v) is 10.0. The summed E-state index contributed by atoms with van der Waals surface area (Å²) in [5.41, 5.74) is 14.1. The Hall–Kier alpha value is -8.35. The Morgan fingerprint density at radius 3 is 1.87 bits per heavy atom. The molecule has 0 bridgehead atoms. The molecule has 61 heavy (non-hydrogen) atoms. The van der Waals surface area contributed by atoms with E-state index >= 15 is 0 Å². The van der Waals surface area contributed by atoms with Crippen LogP contribution < -0.4 is 0 Å². The van der Waals surface area contributed by atoms with Crippen LogP contribution in [0.3, 0.4) is 0 Å². The fourth-order valence-electron chi connectivity index (χ4n) is 10.0. The highest BCUT2D eigenvalue weighted by Gasteiger charge is 2.26. The van der Waals surface area contributed by atoms with E-state index in [2.05, 4.69) is 114 Å². The summed E-state index contributed by atoms with van der Waals surface area (Å²) in [7, 11) is 0. The molecule has 1 aliphatic carbocycles. The second-order valence-corrected chi connectivity index (χ2v) is 15.9. The van der Waals surface area contributed by atoms with Crippen LogP contribution in [0.4, 0.5) is 0 Å². The molecule has 0 atom stereocenters. The van der Waals surface area contributed by atoms with Crippen molar-refractivity contribution in [2.45, 2.75) is 0 Å². The van der Waals surface area contributed by atoms with Gasteiger partial charge in [0, 0.05) is 55.2 Å². The predicted molar refractivity (Wildman–Crippen MR) is 247 cm³/mol. The second-order valence-electron chi connectivity index (χ2n) is 15.9. The zero-order valence-electron chi connectivity index (χ0n) is 32.4. The van der Waals surface area contributed by atoms with Gasteiger partial charge in [-0.3, -0.25) is 0 Å². The maximum atomic E-state index is 6.77. The SMILES string of the molecule is c1ccc(-c2nc(-c3cccc4c3oc3ccccc34)nc(-c3cccc4oc5cc(-n6c7cccc8c7c7c9c(cccc9ccc76)-c6ccccc6-8)ccc5c34)n2)cc1. The highest BCUT2D eigenvalue weighted by molar-refractivity contribution is 6.30. The van der Waals surface area contributed by atoms with E-state index in [9.17, 15) is 0 Å². The molecule has 0 N–H and O–H groups in total. The molecule has 1 aliphatic rings. The summed E-state index contributed by atoms with van der Waals surface area (Å²) in [5.74, 6) is 1.68. The average molecular weight is 779 g/mol. The first kappa shape index (κ1) is 32.6. The van der Waals surface area contributed by atoms with Crippen LogP contribution in [0.5, 0.6) is 0 Å². The van der Waals surface area contributed by atoms with E-state index in [-0.39, 0.29) is 0 Å². The van der Waals surface area contributed by atoms with Crippen molar-refractivity contribution in [2.75, 3.05) is 0 Å². The summed E-state index contributed by atoms with van der Waals surface area (Å²) in [6.07, 6.45) is 0. The first-order valence-corrected chi connectivity index (χ1v) is 20.5. The lowest BCUT2D eigenvalue weighted by Gasteiger charge is -2.13. The molecule has 13 aromatic rings. The van der Waals surface area contributed by atoms with Crippen LogP contribution in [0.15, 0.2) is 191 Å². The molecule has 0 saturated carbocycles. The molecule has 6 heteroatoms. The summed E-state index contributed by atoms with van der Waals surface area (Å²) in [6, 6.07) is 63.7. The van der Waals surface area contributed by atoms with Gasteiger partial charge in [0.2, 0.25) is 0 Å². The van der Waals surface area contributed by atoms with Gasteiger partial charge in [-0.1, -0.05) is 133 Å². The minimum Gasteiger partial charge on any atom is -0.456 e. The molecule has 0 amide bonds. The third-order valence-electron chi connectivity index (χ3n) is 12.6. The number of aromatic nitrogens is 4. The number of hydrogen-bond acceptors (Lipinski definition) is 5. The summed E-state index contributed by atoms with van der Waals surface area (Å²) >= 11 is 0. The normalized spacial score (nSPS) is 12.3. The lowest BCUT2D eigenvalue weighted by atomic mass is 9.93. The molecule has 0 radical (unpaired) electrons. The van der Waals surface area contributed by atoms with Gasteiger partial charge in [0.05, 0.1) is 16.6 Å². The van der Waals surface area contributed by atoms with E-state index in [0.717, 1.165) is 77.3 Å². The molecule has 4 aromatic heterocycles. The quantitative estimate of drug-likeness (QED) is 0.178. The predicted octanol–water partition coefficient (Wildman–Crippen LogP) is 14.6. The van der Waals surface area contributed by atoms with E-state index in [0.29, 0.717) is 17.5 Å². The van der Waals surface area contributed by atoms with Gasteiger partial charge < -0.3 is 13.4 Å². The number of furan rings is 2. The Morgan fingerprint density at radius 2 is 0.984 bits per heavy atom. The van der Waals surface area contributed by atoms with E-state index < -0.39 is 0 Å². The van der Waals surface area contributed by atoms with Crippen LogP contribution >= 0.6 is 0 Å². The smallest absolute Gasteiger partial charge is 0.167 e. The third-order valence-corrected chi connectivity index (χ3v) is 12.6. The van der Waals surface area contributed by atoms with Crippen molar-refractivity contribution in [2.24, 2.45) is 0 Å². The van der Waals surface area contributed by atoms with Crippen LogP contribution in [-0.4, -0.2) is 19.5 Å². The minimum atomic E-state index is 0.540. The lowest BCUT2D eigenvalue weighted by molar-refractivity contribution is 0.668. The average Bonchev–Trinajstić information content (AvgIpc) is 3.98. The molecule has 14 rings (SSSR count). The number of benzene rings is 9. The fraction of sp³-hybridized carbons (Fsp3) is 0. The molecule has 6 nitrogen and oxygen atoms in total. The molecule has 0 unspecified atom stereocenters. The van der Waals surface area contributed by atoms with Crippen LogP contribution in [-0.2, 0) is 0 Å². The molecule has 9 aromatic carbocycles. The van der Waals surface area contributed by atoms with Gasteiger partial charge in [0.25, 0.3) is 0 Å². The van der Waals surface area contributed by atoms with E-state index in [1.807, 2.05) is 72.8 Å². The lowest BCUT2D eigenvalue weighted by Crippen LogP contribution is -2.00. The van der Waals surface area contributed by atoms with Crippen molar-refractivity contribution in [3.05, 3.63) is 182 Å². The Morgan fingerprint density at radius 1 is 0.344 bits per heavy atom. The second kappa shape index (κ2) is 12.1. The topological polar surface area (TPSA) is 69.9 Å². The minimum absolute atomic E-state index is 0.540. The third kappa shape index (κ3) is 4.53. The zero-order valence-corrected chi connectivity index (χ0v) is 32.4. The number of rotatable bonds is 4. The Kier molecular flexibility index (Phi) is 6.46. The maximum Gasteiger partial charge on any atom is 0.167 e. The number of hydrogen-bond donors (Lipinski definition) is 0. The molecule has 4 heterocycles. The van der Waals surface area contributed by atoms with Crippen molar-refractivity contribution in [3.63, 3.8) is 0 Å². The standard InChI is InChI=1S/C55H30N4O2/c1-2-12-32(13-3-1)53-56-54(58-55(57-53)42-22-9-20-39-36-17-6-7-24-45(36)61-52(39)42)41-21-11-25-46-49(41)40-28-27-33(30-47(40)60-46)59-43-23-10-19-38-35-16-5-4-15-34(35)37-18-8-14-31-26-29-44(59)51(48(31)37)50(38)43/h1-30H. The summed E-state index contributed by atoms with van der Waals surface area (Å²) in [5, 5.41) is 9.09. The van der Waals surface area contributed by atoms with Crippen molar-refractivity contribution in [1.82, 2.24) is 19.5 Å². The first-order chi connectivity index (χ1) is 30.2. The summed E-state index contributed by atoms with van der Waals surface area (Å²) in [4.78, 5) is 15.4. The van der Waals surface area contributed by atoms with E-state index in [4.69, 9.17) is 23.8 Å². The molecule has 0 saturated heterocycles. The van der Waals surface area contributed by atoms with Gasteiger partial charge in [-0.2, -0.15) is 0 Å². The Labute approximate surface area is 347 Å². The summed E-state index contributed by atoms with van der Waals surface area (Å²) < 4.78 is 15.6. The molecule has 0 spiro atoms. The van der Waals surface area contributed by atoms with Crippen LogP contribution in [0.2, 0.25) is 0 Å². The highest BCUT2D eigenvalue weighted by Crippen LogP contribution is 2.50. The van der Waals surface area contributed by atoms with Crippen LogP contribution in [0, 0.1) is 0 Å². The molecule has 0 fully saturated rings. The molecule has 282 valence electrons. The number of nitrogens with zero attached hydrogens (tertiary/aromatic N) is 4. The van der Waals surface area contributed by atoms with Crippen molar-refractivity contribution in [1.29, 1.82) is 0 Å². The number of para-hydroxylation sites is 2. The van der Waals surface area contributed by atoms with E-state index in [1.165, 1.54) is 43.8 Å². The van der Waals surface area contributed by atoms with Gasteiger partial charge >= 0.3 is 0 Å². The largest absolute Gasteiger partial charge is 0.456 e. The number of fused-ring (bicyclic) bond motifs is 9. The summed E-state index contributed by atoms with van der Waals surface area (Å²) in [6.45, 7) is 0. The van der Waals surface area contributed by atoms with Crippen molar-refractivity contribution < 1.29 is 8.83 Å². The van der Waals surface area contributed by atoms with Gasteiger partial charge in [-0.25, -0.2) is 15.0 Å². The van der Waals surface area contributed by atoms with Crippen LogP contribution in [0.25, 0.3) is 139 Å². The van der Waals surface area contributed by atoms with Gasteiger partial charge in [0.1, 0.15) is 22.3 Å². The highest BCUT2D eigenvalue weighted by atomic mass is 16.3. The van der Waals surface area contributed by atoms with Crippen molar-refractivity contribution >= 4 is 76.5 Å². The first-order valence-electron chi connectivity index (χ1n) is 20.5. The van der Waals surface area contributed by atoms with Crippen LogP contribution in [0.1, 0.15) is 0 Å². The van der Waals surface area contributed by atoms with Crippen molar-refractivity contribution in [3.8, 4) is 62.1 Å².